The van der Waals surface area contributed by atoms with Crippen molar-refractivity contribution in [3.63, 3.8) is 0 Å². The van der Waals surface area contributed by atoms with Gasteiger partial charge in [0.2, 0.25) is 5.72 Å². The Kier molecular flexibility index (Phi) is 6.51. The Labute approximate surface area is 174 Å². The number of azide groups is 1. The number of hydrogen-bond acceptors (Lipinski definition) is 8. The molecule has 0 spiro atoms. The maximum atomic E-state index is 14.6. The average Bonchev–Trinajstić information content (AvgIpc) is 3.00. The highest BCUT2D eigenvalue weighted by Crippen LogP contribution is 2.39. The van der Waals surface area contributed by atoms with E-state index in [-0.39, 0.29) is 12.2 Å². The van der Waals surface area contributed by atoms with E-state index in [0.29, 0.717) is 4.57 Å². The largest absolute Gasteiger partial charge is 0.480 e. The van der Waals surface area contributed by atoms with E-state index < -0.39 is 48.5 Å². The van der Waals surface area contributed by atoms with Crippen molar-refractivity contribution >= 4 is 11.8 Å². The lowest BCUT2D eigenvalue weighted by Gasteiger charge is -2.23. The molecule has 1 aliphatic heterocycles. The molecule has 13 heteroatoms. The number of nitrogens with zero attached hydrogens (tertiary/aromatic N) is 5. The van der Waals surface area contributed by atoms with E-state index in [1.54, 1.807) is 30.3 Å². The molecule has 0 saturated carbocycles. The fourth-order valence-corrected chi connectivity index (χ4v) is 3.19. The van der Waals surface area contributed by atoms with Gasteiger partial charge in [-0.3, -0.25) is 4.57 Å². The summed E-state index contributed by atoms with van der Waals surface area (Å²) >= 11 is 0. The second-order valence-electron chi connectivity index (χ2n) is 6.82. The Bertz CT molecular complexity index is 1050. The lowest BCUT2D eigenvalue weighted by molar-refractivity contribution is -0.137. The van der Waals surface area contributed by atoms with Crippen LogP contribution in [0.3, 0.4) is 0 Å². The molecule has 1 aliphatic rings. The van der Waals surface area contributed by atoms with Crippen molar-refractivity contribution in [3.8, 4) is 0 Å². The van der Waals surface area contributed by atoms with Gasteiger partial charge in [0.25, 0.3) is 0 Å². The molecule has 1 aromatic heterocycles. The smallest absolute Gasteiger partial charge is 0.351 e. The molecule has 0 aliphatic carbocycles. The number of hydrogen-bond donors (Lipinski definition) is 4. The predicted octanol–water partition coefficient (Wildman–Crippen LogP) is 0.578. The predicted molar refractivity (Wildman–Crippen MR) is 104 cm³/mol. The zero-order chi connectivity index (χ0) is 22.6. The number of aliphatic carboxylic acids is 1. The maximum Gasteiger partial charge on any atom is 0.351 e. The summed E-state index contributed by atoms with van der Waals surface area (Å²) in [6, 6.07) is 8.98. The molecule has 2 aromatic rings. The lowest BCUT2D eigenvalue weighted by Crippen LogP contribution is -2.43. The maximum absolute atomic E-state index is 14.6. The van der Waals surface area contributed by atoms with E-state index in [9.17, 15) is 29.3 Å². The minimum atomic E-state index is -2.29. The number of aliphatic hydroxyl groups excluding tert-OH is 2. The quantitative estimate of drug-likeness (QED) is 0.264. The third kappa shape index (κ3) is 4.49. The number of halogens is 1. The topological polar surface area (TPSA) is 183 Å². The molecule has 4 N–H and O–H groups in total. The molecule has 2 heterocycles. The zero-order valence-electron chi connectivity index (χ0n) is 15.9. The van der Waals surface area contributed by atoms with E-state index in [4.69, 9.17) is 10.3 Å². The molecule has 1 fully saturated rings. The number of carboxylic acids is 1. The van der Waals surface area contributed by atoms with E-state index in [0.717, 1.165) is 11.8 Å². The molecule has 1 aromatic carbocycles. The summed E-state index contributed by atoms with van der Waals surface area (Å²) in [6.45, 7) is -1.02. The molecule has 1 saturated heterocycles. The van der Waals surface area contributed by atoms with E-state index >= 15 is 0 Å². The monoisotopic (exact) mass is 434 g/mol. The first-order valence-corrected chi connectivity index (χ1v) is 9.11. The van der Waals surface area contributed by atoms with Crippen LogP contribution >= 0.6 is 0 Å². The standard InChI is InChI=1S/C18H19FN6O6/c19-13-14(27)18(9-26,23-24-20)31-15(13)25-7-6-12(22-17(25)30)21-11(16(28)29)8-10-4-2-1-3-5-10/h1-7,11,13-15,26-27H,8-9H2,(H,28,29)(H,21,22,30)/t11-,13-,14?,15?,18+/m0/s1. The Morgan fingerprint density at radius 2 is 2.13 bits per heavy atom. The second-order valence-corrected chi connectivity index (χ2v) is 6.82. The molecule has 5 atom stereocenters. The number of aliphatic hydroxyl groups is 2. The van der Waals surface area contributed by atoms with Crippen LogP contribution in [0.4, 0.5) is 10.2 Å². The molecule has 0 bridgehead atoms. The molecule has 164 valence electrons. The van der Waals surface area contributed by atoms with Crippen LogP contribution in [-0.2, 0) is 16.0 Å². The highest BCUT2D eigenvalue weighted by Gasteiger charge is 2.56. The van der Waals surface area contributed by atoms with Crippen molar-refractivity contribution in [2.75, 3.05) is 11.9 Å². The first-order valence-electron chi connectivity index (χ1n) is 9.11. The van der Waals surface area contributed by atoms with Crippen LogP contribution in [0.2, 0.25) is 0 Å². The van der Waals surface area contributed by atoms with Crippen LogP contribution in [-0.4, -0.2) is 61.5 Å². The van der Waals surface area contributed by atoms with Gasteiger partial charge in [-0.2, -0.15) is 4.98 Å². The van der Waals surface area contributed by atoms with Gasteiger partial charge in [0, 0.05) is 17.5 Å². The number of rotatable bonds is 8. The summed E-state index contributed by atoms with van der Waals surface area (Å²) in [7, 11) is 0. The number of aromatic nitrogens is 2. The Morgan fingerprint density at radius 1 is 1.42 bits per heavy atom. The molecule has 31 heavy (non-hydrogen) atoms. The van der Waals surface area contributed by atoms with Crippen molar-refractivity contribution in [2.24, 2.45) is 5.11 Å². The van der Waals surface area contributed by atoms with Crippen LogP contribution in [0.5, 0.6) is 0 Å². The zero-order valence-corrected chi connectivity index (χ0v) is 15.9. The Balaban J connectivity index is 1.82. The molecular formula is C18H19FN6O6. The van der Waals surface area contributed by atoms with Crippen LogP contribution in [0.1, 0.15) is 11.8 Å². The van der Waals surface area contributed by atoms with Crippen molar-refractivity contribution in [1.29, 1.82) is 0 Å². The van der Waals surface area contributed by atoms with Gasteiger partial charge in [-0.1, -0.05) is 35.4 Å². The van der Waals surface area contributed by atoms with E-state index in [1.807, 2.05) is 0 Å². The van der Waals surface area contributed by atoms with E-state index in [1.165, 1.54) is 6.07 Å². The third-order valence-electron chi connectivity index (χ3n) is 4.81. The van der Waals surface area contributed by atoms with Crippen molar-refractivity contribution in [3.05, 3.63) is 69.1 Å². The first-order chi connectivity index (χ1) is 14.8. The van der Waals surface area contributed by atoms with Gasteiger partial charge in [-0.05, 0) is 17.2 Å². The molecule has 0 amide bonds. The van der Waals surface area contributed by atoms with Crippen LogP contribution < -0.4 is 11.0 Å². The number of ether oxygens (including phenoxy) is 1. The number of nitrogens with one attached hydrogen (secondary N) is 1. The van der Waals surface area contributed by atoms with Gasteiger partial charge in [-0.15, -0.1) is 0 Å². The Hall–Kier alpha value is -3.51. The van der Waals surface area contributed by atoms with Gasteiger partial charge in [0.05, 0.1) is 6.61 Å². The molecule has 0 radical (unpaired) electrons. The lowest BCUT2D eigenvalue weighted by atomic mass is 10.1. The molecule has 3 rings (SSSR count). The van der Waals surface area contributed by atoms with E-state index in [2.05, 4.69) is 20.3 Å². The third-order valence-corrected chi connectivity index (χ3v) is 4.81. The first kappa shape index (κ1) is 22.2. The fraction of sp³-hybridized carbons (Fsp3) is 0.389. The SMILES string of the molecule is [N-]=[N+]=N[C@]1(CO)OC(n2ccc(N[C@@H](Cc3ccccc3)C(=O)O)nc2=O)[C@@H](F)C1O. The molecular weight excluding hydrogens is 415 g/mol. The molecule has 12 nitrogen and oxygen atoms in total. The number of alkyl halides is 1. The summed E-state index contributed by atoms with van der Waals surface area (Å²) in [6.07, 6.45) is -4.74. The normalized spacial score (nSPS) is 26.1. The van der Waals surface area contributed by atoms with Gasteiger partial charge in [0.1, 0.15) is 18.0 Å². The van der Waals surface area contributed by atoms with Crippen molar-refractivity contribution in [2.45, 2.75) is 36.7 Å². The number of anilines is 1. The summed E-state index contributed by atoms with van der Waals surface area (Å²) in [5, 5.41) is 34.6. The van der Waals surface area contributed by atoms with Crippen molar-refractivity contribution < 1.29 is 29.2 Å². The summed E-state index contributed by atoms with van der Waals surface area (Å²) in [5.74, 6) is -1.23. The van der Waals surface area contributed by atoms with Gasteiger partial charge in [-0.25, -0.2) is 14.0 Å². The summed E-state index contributed by atoms with van der Waals surface area (Å²) < 4.78 is 20.4. The average molecular weight is 434 g/mol. The van der Waals surface area contributed by atoms with Crippen LogP contribution in [0.15, 0.2) is 52.5 Å². The highest BCUT2D eigenvalue weighted by atomic mass is 19.1. The summed E-state index contributed by atoms with van der Waals surface area (Å²) in [4.78, 5) is 30.1. The highest BCUT2D eigenvalue weighted by molar-refractivity contribution is 5.77. The summed E-state index contributed by atoms with van der Waals surface area (Å²) in [5.41, 5.74) is 6.06. The van der Waals surface area contributed by atoms with Crippen LogP contribution in [0, 0.1) is 0 Å². The van der Waals surface area contributed by atoms with Gasteiger partial charge >= 0.3 is 11.7 Å². The van der Waals surface area contributed by atoms with Crippen LogP contribution in [0.25, 0.3) is 10.4 Å². The minimum Gasteiger partial charge on any atom is -0.480 e. The second kappa shape index (κ2) is 9.10. The van der Waals surface area contributed by atoms with Crippen molar-refractivity contribution in [1.82, 2.24) is 9.55 Å². The number of carbonyl (C=O) groups is 1. The Morgan fingerprint density at radius 3 is 2.71 bits per heavy atom. The number of benzene rings is 1. The van der Waals surface area contributed by atoms with Gasteiger partial charge in [0.15, 0.2) is 12.4 Å². The van der Waals surface area contributed by atoms with Gasteiger partial charge < -0.3 is 25.4 Å². The molecule has 2 unspecified atom stereocenters. The minimum absolute atomic E-state index is 0.0676. The fourth-order valence-electron chi connectivity index (χ4n) is 3.19. The number of carboxylic acid groups (broad SMARTS) is 1.